The SMILES string of the molecule is CNc1ccc2nc(SCC(=O)Nc3ccccc3C(=O)OC)[nH]c2c1. The number of nitrogens with zero attached hydrogens (tertiary/aromatic N) is 1. The minimum Gasteiger partial charge on any atom is -0.465 e. The third-order valence-electron chi connectivity index (χ3n) is 3.70. The lowest BCUT2D eigenvalue weighted by molar-refractivity contribution is -0.113. The number of thioether (sulfide) groups is 1. The van der Waals surface area contributed by atoms with Gasteiger partial charge in [-0.15, -0.1) is 0 Å². The molecular formula is C18H18N4O3S. The summed E-state index contributed by atoms with van der Waals surface area (Å²) in [5.41, 5.74) is 3.46. The van der Waals surface area contributed by atoms with Crippen molar-refractivity contribution < 1.29 is 14.3 Å². The molecule has 0 saturated carbocycles. The normalized spacial score (nSPS) is 10.5. The van der Waals surface area contributed by atoms with Crippen molar-refractivity contribution in [2.24, 2.45) is 0 Å². The Kier molecular flexibility index (Phi) is 5.43. The summed E-state index contributed by atoms with van der Waals surface area (Å²) in [5, 5.41) is 6.46. The van der Waals surface area contributed by atoms with E-state index >= 15 is 0 Å². The summed E-state index contributed by atoms with van der Waals surface area (Å²) in [4.78, 5) is 31.6. The van der Waals surface area contributed by atoms with Gasteiger partial charge in [0.25, 0.3) is 0 Å². The topological polar surface area (TPSA) is 96.1 Å². The van der Waals surface area contributed by atoms with Crippen LogP contribution in [0.4, 0.5) is 11.4 Å². The van der Waals surface area contributed by atoms with Gasteiger partial charge in [0, 0.05) is 12.7 Å². The molecule has 0 spiro atoms. The number of hydrogen-bond acceptors (Lipinski definition) is 6. The molecule has 3 rings (SSSR count). The second kappa shape index (κ2) is 7.92. The van der Waals surface area contributed by atoms with Crippen LogP contribution in [-0.4, -0.2) is 41.8 Å². The van der Waals surface area contributed by atoms with Crippen LogP contribution in [0.2, 0.25) is 0 Å². The highest BCUT2D eigenvalue weighted by molar-refractivity contribution is 7.99. The van der Waals surface area contributed by atoms with Gasteiger partial charge in [-0.3, -0.25) is 4.79 Å². The van der Waals surface area contributed by atoms with Crippen molar-refractivity contribution in [3.8, 4) is 0 Å². The van der Waals surface area contributed by atoms with E-state index in [1.807, 2.05) is 25.2 Å². The highest BCUT2D eigenvalue weighted by Gasteiger charge is 2.14. The summed E-state index contributed by atoms with van der Waals surface area (Å²) < 4.78 is 4.72. The molecule has 0 bridgehead atoms. The van der Waals surface area contributed by atoms with Crippen LogP contribution in [0.15, 0.2) is 47.6 Å². The zero-order chi connectivity index (χ0) is 18.5. The molecule has 0 atom stereocenters. The summed E-state index contributed by atoms with van der Waals surface area (Å²) >= 11 is 1.29. The Hall–Kier alpha value is -3.00. The predicted molar refractivity (Wildman–Crippen MR) is 103 cm³/mol. The molecule has 134 valence electrons. The summed E-state index contributed by atoms with van der Waals surface area (Å²) in [6.07, 6.45) is 0. The van der Waals surface area contributed by atoms with Crippen LogP contribution in [0.5, 0.6) is 0 Å². The van der Waals surface area contributed by atoms with E-state index in [9.17, 15) is 9.59 Å². The van der Waals surface area contributed by atoms with Gasteiger partial charge in [0.2, 0.25) is 5.91 Å². The standard InChI is InChI=1S/C18H18N4O3S/c1-19-11-7-8-14-15(9-11)22-18(21-14)26-10-16(23)20-13-6-4-3-5-12(13)17(24)25-2/h3-9,19H,10H2,1-2H3,(H,20,23)(H,21,22). The maximum atomic E-state index is 12.2. The van der Waals surface area contributed by atoms with Crippen LogP contribution < -0.4 is 10.6 Å². The number of amides is 1. The maximum Gasteiger partial charge on any atom is 0.339 e. The molecule has 1 amide bonds. The maximum absolute atomic E-state index is 12.2. The van der Waals surface area contributed by atoms with Gasteiger partial charge in [0.05, 0.1) is 35.1 Å². The van der Waals surface area contributed by atoms with Crippen LogP contribution in [0.3, 0.4) is 0 Å². The third kappa shape index (κ3) is 3.97. The van der Waals surface area contributed by atoms with Crippen LogP contribution in [0, 0.1) is 0 Å². The number of benzene rings is 2. The van der Waals surface area contributed by atoms with Gasteiger partial charge >= 0.3 is 5.97 Å². The summed E-state index contributed by atoms with van der Waals surface area (Å²) in [6.45, 7) is 0. The fraction of sp³-hybridized carbons (Fsp3) is 0.167. The minimum atomic E-state index is -0.494. The molecule has 26 heavy (non-hydrogen) atoms. The van der Waals surface area contributed by atoms with Crippen LogP contribution >= 0.6 is 11.8 Å². The number of ether oxygens (including phenoxy) is 1. The van der Waals surface area contributed by atoms with Crippen molar-refractivity contribution in [1.82, 2.24) is 9.97 Å². The van der Waals surface area contributed by atoms with E-state index in [2.05, 4.69) is 20.6 Å². The lowest BCUT2D eigenvalue weighted by Crippen LogP contribution is -2.17. The number of nitrogens with one attached hydrogen (secondary N) is 3. The lowest BCUT2D eigenvalue weighted by Gasteiger charge is -2.08. The van der Waals surface area contributed by atoms with Gasteiger partial charge < -0.3 is 20.4 Å². The second-order valence-corrected chi connectivity index (χ2v) is 6.36. The number of imidazole rings is 1. The number of hydrogen-bond donors (Lipinski definition) is 3. The van der Waals surface area contributed by atoms with Gasteiger partial charge in [0.1, 0.15) is 0 Å². The van der Waals surface area contributed by atoms with Crippen molar-refractivity contribution in [3.05, 3.63) is 48.0 Å². The summed E-state index contributed by atoms with van der Waals surface area (Å²) in [6, 6.07) is 12.5. The molecule has 0 radical (unpaired) electrons. The van der Waals surface area contributed by atoms with Gasteiger partial charge in [-0.05, 0) is 30.3 Å². The van der Waals surface area contributed by atoms with E-state index in [0.717, 1.165) is 16.7 Å². The first kappa shape index (κ1) is 17.8. The number of aromatic nitrogens is 2. The van der Waals surface area contributed by atoms with Crippen molar-refractivity contribution >= 4 is 46.0 Å². The van der Waals surface area contributed by atoms with Gasteiger partial charge in [-0.25, -0.2) is 9.78 Å². The number of aromatic amines is 1. The van der Waals surface area contributed by atoms with E-state index in [-0.39, 0.29) is 11.7 Å². The van der Waals surface area contributed by atoms with E-state index < -0.39 is 5.97 Å². The molecule has 1 heterocycles. The average Bonchev–Trinajstić information content (AvgIpc) is 3.08. The number of carbonyl (C=O) groups excluding carboxylic acids is 2. The molecule has 3 N–H and O–H groups in total. The molecule has 0 aliphatic carbocycles. The summed E-state index contributed by atoms with van der Waals surface area (Å²) in [5.74, 6) is -0.567. The summed E-state index contributed by atoms with van der Waals surface area (Å²) in [7, 11) is 3.15. The molecule has 1 aromatic heterocycles. The number of H-pyrrole nitrogens is 1. The lowest BCUT2D eigenvalue weighted by atomic mass is 10.2. The fourth-order valence-electron chi connectivity index (χ4n) is 2.41. The quantitative estimate of drug-likeness (QED) is 0.456. The monoisotopic (exact) mass is 370 g/mol. The van der Waals surface area contributed by atoms with Gasteiger partial charge in [0.15, 0.2) is 5.16 Å². The molecule has 0 fully saturated rings. The van der Waals surface area contributed by atoms with Crippen molar-refractivity contribution in [2.45, 2.75) is 5.16 Å². The second-order valence-electron chi connectivity index (χ2n) is 5.40. The average molecular weight is 370 g/mol. The smallest absolute Gasteiger partial charge is 0.339 e. The molecule has 3 aromatic rings. The number of carbonyl (C=O) groups is 2. The first-order chi connectivity index (χ1) is 12.6. The third-order valence-corrected chi connectivity index (χ3v) is 4.57. The molecule has 7 nitrogen and oxygen atoms in total. The number of fused-ring (bicyclic) bond motifs is 1. The predicted octanol–water partition coefficient (Wildman–Crippen LogP) is 3.12. The molecule has 2 aromatic carbocycles. The Balaban J connectivity index is 1.65. The van der Waals surface area contributed by atoms with Crippen molar-refractivity contribution in [2.75, 3.05) is 30.5 Å². The van der Waals surface area contributed by atoms with Crippen LogP contribution in [0.1, 0.15) is 10.4 Å². The largest absolute Gasteiger partial charge is 0.465 e. The van der Waals surface area contributed by atoms with Gasteiger partial charge in [-0.1, -0.05) is 23.9 Å². The Morgan fingerprint density at radius 3 is 2.81 bits per heavy atom. The van der Waals surface area contributed by atoms with E-state index in [1.54, 1.807) is 24.3 Å². The van der Waals surface area contributed by atoms with E-state index in [1.165, 1.54) is 18.9 Å². The first-order valence-electron chi connectivity index (χ1n) is 7.88. The zero-order valence-electron chi connectivity index (χ0n) is 14.3. The number of methoxy groups -OCH3 is 1. The zero-order valence-corrected chi connectivity index (χ0v) is 15.1. The molecule has 8 heteroatoms. The molecule has 0 unspecified atom stereocenters. The molecule has 0 saturated heterocycles. The first-order valence-corrected chi connectivity index (χ1v) is 8.87. The Morgan fingerprint density at radius 1 is 1.23 bits per heavy atom. The minimum absolute atomic E-state index is 0.161. The molecule has 0 aliphatic rings. The Labute approximate surface area is 154 Å². The Bertz CT molecular complexity index is 955. The van der Waals surface area contributed by atoms with Crippen LogP contribution in [-0.2, 0) is 9.53 Å². The van der Waals surface area contributed by atoms with Crippen molar-refractivity contribution in [3.63, 3.8) is 0 Å². The van der Waals surface area contributed by atoms with Crippen LogP contribution in [0.25, 0.3) is 11.0 Å². The number of esters is 1. The van der Waals surface area contributed by atoms with Gasteiger partial charge in [-0.2, -0.15) is 0 Å². The van der Waals surface area contributed by atoms with Crippen molar-refractivity contribution in [1.29, 1.82) is 0 Å². The highest BCUT2D eigenvalue weighted by Crippen LogP contribution is 2.23. The van der Waals surface area contributed by atoms with E-state index in [4.69, 9.17) is 4.74 Å². The fourth-order valence-corrected chi connectivity index (χ4v) is 3.10. The number of anilines is 2. The molecular weight excluding hydrogens is 352 g/mol. The number of para-hydroxylation sites is 1. The highest BCUT2D eigenvalue weighted by atomic mass is 32.2. The number of rotatable bonds is 6. The molecule has 0 aliphatic heterocycles. The Morgan fingerprint density at radius 2 is 2.04 bits per heavy atom. The van der Waals surface area contributed by atoms with E-state index in [0.29, 0.717) is 16.4 Å².